The van der Waals surface area contributed by atoms with Crippen molar-refractivity contribution in [3.63, 3.8) is 0 Å². The topological polar surface area (TPSA) is 29.1 Å². The van der Waals surface area contributed by atoms with Gasteiger partial charge in [0.25, 0.3) is 0 Å². The zero-order valence-corrected chi connectivity index (χ0v) is 9.89. The average Bonchev–Trinajstić information content (AvgIpc) is 2.46. The lowest BCUT2D eigenvalue weighted by Crippen LogP contribution is -2.22. The fourth-order valence-corrected chi connectivity index (χ4v) is 1.92. The van der Waals surface area contributed by atoms with E-state index in [0.717, 1.165) is 25.9 Å². The monoisotopic (exact) mass is 197 g/mol. The van der Waals surface area contributed by atoms with Gasteiger partial charge in [-0.1, -0.05) is 27.7 Å². The summed E-state index contributed by atoms with van der Waals surface area (Å²) in [5, 5.41) is 3.28. The Kier molecular flexibility index (Phi) is 3.71. The maximum atomic E-state index is 11.9. The number of hydrogen-bond acceptors (Lipinski definition) is 2. The molecular formula is C12H23NO. The molecule has 1 aliphatic heterocycles. The molecule has 82 valence electrons. The van der Waals surface area contributed by atoms with Crippen molar-refractivity contribution in [3.05, 3.63) is 0 Å². The van der Waals surface area contributed by atoms with Crippen LogP contribution in [0.2, 0.25) is 0 Å². The van der Waals surface area contributed by atoms with Gasteiger partial charge in [-0.2, -0.15) is 0 Å². The quantitative estimate of drug-likeness (QED) is 0.751. The Labute approximate surface area is 87.5 Å². The number of Topliss-reactive ketones (excluding diaryl/α,β-unsaturated/α-hetero) is 1. The summed E-state index contributed by atoms with van der Waals surface area (Å²) < 4.78 is 0. The van der Waals surface area contributed by atoms with Crippen molar-refractivity contribution in [2.24, 2.45) is 17.3 Å². The third-order valence-electron chi connectivity index (χ3n) is 3.05. The second-order valence-electron chi connectivity index (χ2n) is 5.77. The van der Waals surface area contributed by atoms with Gasteiger partial charge in [0, 0.05) is 18.9 Å². The third kappa shape index (κ3) is 3.41. The van der Waals surface area contributed by atoms with Gasteiger partial charge in [-0.25, -0.2) is 0 Å². The number of ketones is 1. The van der Waals surface area contributed by atoms with E-state index >= 15 is 0 Å². The number of nitrogens with one attached hydrogen (secondary N) is 1. The van der Waals surface area contributed by atoms with E-state index in [0.29, 0.717) is 11.7 Å². The molecule has 0 aromatic heterocycles. The van der Waals surface area contributed by atoms with Crippen LogP contribution in [0, 0.1) is 17.3 Å². The molecule has 0 aliphatic carbocycles. The number of hydrogen-bond donors (Lipinski definition) is 1. The van der Waals surface area contributed by atoms with Gasteiger partial charge >= 0.3 is 0 Å². The Hall–Kier alpha value is -0.370. The van der Waals surface area contributed by atoms with Crippen molar-refractivity contribution in [1.29, 1.82) is 0 Å². The molecule has 2 atom stereocenters. The van der Waals surface area contributed by atoms with Crippen LogP contribution in [0.15, 0.2) is 0 Å². The lowest BCUT2D eigenvalue weighted by Gasteiger charge is -2.19. The Bertz CT molecular complexity index is 205. The Morgan fingerprint density at radius 3 is 2.43 bits per heavy atom. The van der Waals surface area contributed by atoms with Crippen LogP contribution in [-0.4, -0.2) is 18.9 Å². The van der Waals surface area contributed by atoms with E-state index in [1.807, 2.05) is 0 Å². The summed E-state index contributed by atoms with van der Waals surface area (Å²) in [6.45, 7) is 10.6. The van der Waals surface area contributed by atoms with E-state index in [9.17, 15) is 4.79 Å². The van der Waals surface area contributed by atoms with Gasteiger partial charge in [0.05, 0.1) is 0 Å². The molecule has 1 heterocycles. The van der Waals surface area contributed by atoms with Crippen molar-refractivity contribution in [3.8, 4) is 0 Å². The lowest BCUT2D eigenvalue weighted by atomic mass is 9.85. The van der Waals surface area contributed by atoms with Gasteiger partial charge in [-0.05, 0) is 24.3 Å². The first kappa shape index (κ1) is 11.7. The summed E-state index contributed by atoms with van der Waals surface area (Å²) in [7, 11) is 0. The van der Waals surface area contributed by atoms with E-state index < -0.39 is 0 Å². The second kappa shape index (κ2) is 4.43. The maximum Gasteiger partial charge on any atom is 0.137 e. The molecule has 1 aliphatic rings. The highest BCUT2D eigenvalue weighted by Crippen LogP contribution is 2.24. The van der Waals surface area contributed by atoms with E-state index in [1.54, 1.807) is 0 Å². The van der Waals surface area contributed by atoms with Crippen LogP contribution in [0.25, 0.3) is 0 Å². The van der Waals surface area contributed by atoms with E-state index in [1.165, 1.54) is 0 Å². The minimum atomic E-state index is 0.275. The van der Waals surface area contributed by atoms with Crippen molar-refractivity contribution >= 4 is 5.78 Å². The molecule has 0 aromatic carbocycles. The lowest BCUT2D eigenvalue weighted by molar-refractivity contribution is -0.123. The summed E-state index contributed by atoms with van der Waals surface area (Å²) in [6, 6.07) is 0. The van der Waals surface area contributed by atoms with E-state index in [4.69, 9.17) is 0 Å². The first-order chi connectivity index (χ1) is 6.40. The van der Waals surface area contributed by atoms with E-state index in [2.05, 4.69) is 33.0 Å². The molecule has 2 unspecified atom stereocenters. The van der Waals surface area contributed by atoms with Crippen molar-refractivity contribution in [2.75, 3.05) is 13.1 Å². The summed E-state index contributed by atoms with van der Waals surface area (Å²) in [5.41, 5.74) is 0.283. The first-order valence-corrected chi connectivity index (χ1v) is 5.63. The molecule has 14 heavy (non-hydrogen) atoms. The zero-order chi connectivity index (χ0) is 10.8. The number of carbonyl (C=O) groups excluding carboxylic acids is 1. The summed E-state index contributed by atoms with van der Waals surface area (Å²) in [6.07, 6.45) is 1.76. The predicted octanol–water partition coefficient (Wildman–Crippen LogP) is 2.24. The fourth-order valence-electron chi connectivity index (χ4n) is 1.92. The molecule has 2 heteroatoms. The molecule has 0 aromatic rings. The number of carbonyl (C=O) groups is 1. The highest BCUT2D eigenvalue weighted by atomic mass is 16.1. The van der Waals surface area contributed by atoms with Gasteiger partial charge < -0.3 is 5.32 Å². The van der Waals surface area contributed by atoms with Crippen LogP contribution < -0.4 is 5.32 Å². The Morgan fingerprint density at radius 2 is 2.00 bits per heavy atom. The normalized spacial score (nSPS) is 28.0. The summed E-state index contributed by atoms with van der Waals surface area (Å²) in [5.74, 6) is 1.26. The smallest absolute Gasteiger partial charge is 0.137 e. The molecular weight excluding hydrogens is 174 g/mol. The third-order valence-corrected chi connectivity index (χ3v) is 3.05. The van der Waals surface area contributed by atoms with Gasteiger partial charge in [0.15, 0.2) is 0 Å². The molecule has 2 nitrogen and oxygen atoms in total. The average molecular weight is 197 g/mol. The molecule has 0 bridgehead atoms. The zero-order valence-electron chi connectivity index (χ0n) is 9.89. The Balaban J connectivity index is 2.35. The molecule has 0 spiro atoms. The highest BCUT2D eigenvalue weighted by Gasteiger charge is 2.29. The van der Waals surface area contributed by atoms with E-state index in [-0.39, 0.29) is 11.3 Å². The van der Waals surface area contributed by atoms with Crippen molar-refractivity contribution in [1.82, 2.24) is 5.32 Å². The van der Waals surface area contributed by atoms with Gasteiger partial charge in [0.1, 0.15) is 5.78 Å². The second-order valence-corrected chi connectivity index (χ2v) is 5.77. The van der Waals surface area contributed by atoms with Crippen LogP contribution in [0.1, 0.15) is 40.5 Å². The summed E-state index contributed by atoms with van der Waals surface area (Å²) >= 11 is 0. The predicted molar refractivity (Wildman–Crippen MR) is 59.2 cm³/mol. The maximum absolute atomic E-state index is 11.9. The fraction of sp³-hybridized carbons (Fsp3) is 0.917. The SMILES string of the molecule is CC1CNCC1C(=O)CCC(C)(C)C. The standard InChI is InChI=1S/C12H23NO/c1-9-7-13-8-10(9)11(14)5-6-12(2,3)4/h9-10,13H,5-8H2,1-4H3. The molecule has 1 N–H and O–H groups in total. The van der Waals surface area contributed by atoms with Crippen LogP contribution in [-0.2, 0) is 4.79 Å². The van der Waals surface area contributed by atoms with Crippen LogP contribution in [0.3, 0.4) is 0 Å². The van der Waals surface area contributed by atoms with Crippen molar-refractivity contribution < 1.29 is 4.79 Å². The minimum Gasteiger partial charge on any atom is -0.316 e. The molecule has 0 radical (unpaired) electrons. The molecule has 0 amide bonds. The molecule has 1 saturated heterocycles. The minimum absolute atomic E-state index is 0.275. The van der Waals surface area contributed by atoms with Gasteiger partial charge in [-0.15, -0.1) is 0 Å². The van der Waals surface area contributed by atoms with Crippen LogP contribution >= 0.6 is 0 Å². The number of rotatable bonds is 3. The van der Waals surface area contributed by atoms with Crippen molar-refractivity contribution in [2.45, 2.75) is 40.5 Å². The molecule has 0 saturated carbocycles. The largest absolute Gasteiger partial charge is 0.316 e. The molecule has 1 fully saturated rings. The Morgan fingerprint density at radius 1 is 1.36 bits per heavy atom. The van der Waals surface area contributed by atoms with Crippen LogP contribution in [0.4, 0.5) is 0 Å². The van der Waals surface area contributed by atoms with Gasteiger partial charge in [-0.3, -0.25) is 4.79 Å². The van der Waals surface area contributed by atoms with Crippen LogP contribution in [0.5, 0.6) is 0 Å². The summed E-state index contributed by atoms with van der Waals surface area (Å²) in [4.78, 5) is 11.9. The highest BCUT2D eigenvalue weighted by molar-refractivity contribution is 5.81. The van der Waals surface area contributed by atoms with Gasteiger partial charge in [0.2, 0.25) is 0 Å². The first-order valence-electron chi connectivity index (χ1n) is 5.63. The molecule has 1 rings (SSSR count).